The number of nitrogens with one attached hydrogen (secondary N) is 1. The molecule has 0 bridgehead atoms. The van der Waals surface area contributed by atoms with Gasteiger partial charge in [-0.05, 0) is 31.7 Å². The Morgan fingerprint density at radius 2 is 2.12 bits per heavy atom. The minimum Gasteiger partial charge on any atom is -0.388 e. The molecule has 0 saturated carbocycles. The molecular formula is C12H17Cl2N3. The number of halogens is 2. The van der Waals surface area contributed by atoms with Crippen molar-refractivity contribution in [1.82, 2.24) is 4.90 Å². The number of nitrogens with zero attached hydrogens (tertiary/aromatic N) is 1. The van der Waals surface area contributed by atoms with E-state index in [4.69, 9.17) is 34.3 Å². The quantitative estimate of drug-likeness (QED) is 0.640. The third-order valence-corrected chi connectivity index (χ3v) is 3.29. The normalized spacial score (nSPS) is 12.8. The second kappa shape index (κ2) is 6.24. The van der Waals surface area contributed by atoms with Crippen LogP contribution in [0.5, 0.6) is 0 Å². The Bertz CT molecular complexity index is 407. The molecule has 0 heterocycles. The van der Waals surface area contributed by atoms with Crippen molar-refractivity contribution in [2.24, 2.45) is 5.73 Å². The maximum absolute atomic E-state index is 7.28. The zero-order valence-electron chi connectivity index (χ0n) is 10.0. The fourth-order valence-electron chi connectivity index (χ4n) is 1.55. The van der Waals surface area contributed by atoms with Crippen LogP contribution in [0.25, 0.3) is 0 Å². The molecule has 5 heteroatoms. The summed E-state index contributed by atoms with van der Waals surface area (Å²) >= 11 is 11.9. The van der Waals surface area contributed by atoms with Gasteiger partial charge in [0, 0.05) is 29.1 Å². The lowest BCUT2D eigenvalue weighted by atomic mass is 10.1. The molecule has 1 aromatic carbocycles. The highest BCUT2D eigenvalue weighted by Crippen LogP contribution is 2.22. The van der Waals surface area contributed by atoms with Crippen molar-refractivity contribution in [3.8, 4) is 0 Å². The Balaban J connectivity index is 2.67. The highest BCUT2D eigenvalue weighted by atomic mass is 35.5. The summed E-state index contributed by atoms with van der Waals surface area (Å²) < 4.78 is 0. The van der Waals surface area contributed by atoms with Crippen LogP contribution in [0.2, 0.25) is 10.0 Å². The Labute approximate surface area is 112 Å². The predicted octanol–water partition coefficient (Wildman–Crippen LogP) is 3.14. The molecule has 1 unspecified atom stereocenters. The van der Waals surface area contributed by atoms with Gasteiger partial charge >= 0.3 is 0 Å². The average Bonchev–Trinajstić information content (AvgIpc) is 2.21. The lowest BCUT2D eigenvalue weighted by Crippen LogP contribution is -2.32. The molecule has 0 amide bonds. The lowest BCUT2D eigenvalue weighted by molar-refractivity contribution is 0.254. The first-order valence-corrected chi connectivity index (χ1v) is 6.12. The van der Waals surface area contributed by atoms with E-state index in [1.165, 1.54) is 0 Å². The summed E-state index contributed by atoms with van der Waals surface area (Å²) in [6.45, 7) is 2.75. The largest absolute Gasteiger partial charge is 0.388 e. The van der Waals surface area contributed by atoms with Gasteiger partial charge in [0.05, 0.1) is 5.84 Å². The van der Waals surface area contributed by atoms with Crippen LogP contribution in [0.3, 0.4) is 0 Å². The minimum atomic E-state index is 0.201. The molecule has 3 nitrogen and oxygen atoms in total. The Kier molecular flexibility index (Phi) is 5.25. The minimum absolute atomic E-state index is 0.201. The van der Waals surface area contributed by atoms with Gasteiger partial charge < -0.3 is 5.73 Å². The third kappa shape index (κ3) is 4.54. The van der Waals surface area contributed by atoms with Crippen molar-refractivity contribution < 1.29 is 0 Å². The fraction of sp³-hybridized carbons (Fsp3) is 0.417. The van der Waals surface area contributed by atoms with Gasteiger partial charge in [0.2, 0.25) is 0 Å². The topological polar surface area (TPSA) is 53.1 Å². The SMILES string of the molecule is CC(CC(=N)N)N(C)Cc1ccc(Cl)cc1Cl. The maximum atomic E-state index is 7.28. The zero-order chi connectivity index (χ0) is 13.0. The van der Waals surface area contributed by atoms with Crippen LogP contribution in [0, 0.1) is 5.41 Å². The molecule has 0 aliphatic carbocycles. The molecule has 17 heavy (non-hydrogen) atoms. The number of hydrogen-bond donors (Lipinski definition) is 2. The van der Waals surface area contributed by atoms with Gasteiger partial charge in [0.15, 0.2) is 0 Å². The Hall–Kier alpha value is -0.770. The van der Waals surface area contributed by atoms with Crippen molar-refractivity contribution in [2.45, 2.75) is 25.9 Å². The highest BCUT2D eigenvalue weighted by molar-refractivity contribution is 6.35. The average molecular weight is 274 g/mol. The van der Waals surface area contributed by atoms with E-state index < -0.39 is 0 Å². The molecule has 1 rings (SSSR count). The number of hydrogen-bond acceptors (Lipinski definition) is 2. The summed E-state index contributed by atoms with van der Waals surface area (Å²) in [4.78, 5) is 2.11. The van der Waals surface area contributed by atoms with E-state index in [-0.39, 0.29) is 11.9 Å². The highest BCUT2D eigenvalue weighted by Gasteiger charge is 2.12. The van der Waals surface area contributed by atoms with Crippen molar-refractivity contribution in [1.29, 1.82) is 5.41 Å². The molecule has 0 saturated heterocycles. The van der Waals surface area contributed by atoms with Gasteiger partial charge in [-0.3, -0.25) is 10.3 Å². The standard InChI is InChI=1S/C12H17Cl2N3/c1-8(5-12(15)16)17(2)7-9-3-4-10(13)6-11(9)14/h3-4,6,8H,5,7H2,1-2H3,(H3,15,16). The first kappa shape index (κ1) is 14.3. The number of nitrogens with two attached hydrogens (primary N) is 1. The molecule has 3 N–H and O–H groups in total. The van der Waals surface area contributed by atoms with Crippen LogP contribution in [0.1, 0.15) is 18.9 Å². The van der Waals surface area contributed by atoms with Gasteiger partial charge in [-0.1, -0.05) is 29.3 Å². The van der Waals surface area contributed by atoms with E-state index in [2.05, 4.69) is 4.90 Å². The lowest BCUT2D eigenvalue weighted by Gasteiger charge is -2.24. The predicted molar refractivity (Wildman–Crippen MR) is 73.9 cm³/mol. The molecule has 1 aromatic rings. The van der Waals surface area contributed by atoms with E-state index in [1.54, 1.807) is 6.07 Å². The first-order chi connectivity index (χ1) is 7.90. The van der Waals surface area contributed by atoms with Gasteiger partial charge in [-0.2, -0.15) is 0 Å². The first-order valence-electron chi connectivity index (χ1n) is 5.37. The molecule has 0 aromatic heterocycles. The number of rotatable bonds is 5. The van der Waals surface area contributed by atoms with Gasteiger partial charge in [-0.25, -0.2) is 0 Å². The van der Waals surface area contributed by atoms with Crippen molar-refractivity contribution in [3.63, 3.8) is 0 Å². The fourth-order valence-corrected chi connectivity index (χ4v) is 2.02. The number of benzene rings is 1. The smallest absolute Gasteiger partial charge is 0.0920 e. The summed E-state index contributed by atoms with van der Waals surface area (Å²) in [5, 5.41) is 8.58. The van der Waals surface area contributed by atoms with Crippen molar-refractivity contribution in [3.05, 3.63) is 33.8 Å². The number of amidine groups is 1. The van der Waals surface area contributed by atoms with E-state index >= 15 is 0 Å². The molecule has 0 aliphatic rings. The molecule has 0 aliphatic heterocycles. The second-order valence-electron chi connectivity index (χ2n) is 4.23. The Morgan fingerprint density at radius 1 is 1.47 bits per heavy atom. The van der Waals surface area contributed by atoms with Gasteiger partial charge in [-0.15, -0.1) is 0 Å². The maximum Gasteiger partial charge on any atom is 0.0920 e. The van der Waals surface area contributed by atoms with Crippen LogP contribution >= 0.6 is 23.2 Å². The molecule has 0 radical (unpaired) electrons. The molecule has 0 spiro atoms. The van der Waals surface area contributed by atoms with Crippen LogP contribution in [-0.4, -0.2) is 23.8 Å². The zero-order valence-corrected chi connectivity index (χ0v) is 11.5. The molecular weight excluding hydrogens is 257 g/mol. The summed E-state index contributed by atoms with van der Waals surface area (Å²) in [6, 6.07) is 5.69. The summed E-state index contributed by atoms with van der Waals surface area (Å²) in [5.41, 5.74) is 6.41. The summed E-state index contributed by atoms with van der Waals surface area (Å²) in [6.07, 6.45) is 0.557. The monoisotopic (exact) mass is 273 g/mol. The van der Waals surface area contributed by atoms with Crippen LogP contribution in [-0.2, 0) is 6.54 Å². The Morgan fingerprint density at radius 3 is 2.65 bits per heavy atom. The molecule has 0 fully saturated rings. The van der Waals surface area contributed by atoms with E-state index in [0.717, 1.165) is 5.56 Å². The van der Waals surface area contributed by atoms with Crippen molar-refractivity contribution >= 4 is 29.0 Å². The van der Waals surface area contributed by atoms with E-state index in [1.807, 2.05) is 26.1 Å². The van der Waals surface area contributed by atoms with Gasteiger partial charge in [0.1, 0.15) is 0 Å². The molecule has 94 valence electrons. The van der Waals surface area contributed by atoms with Gasteiger partial charge in [0.25, 0.3) is 0 Å². The third-order valence-electron chi connectivity index (χ3n) is 2.70. The van der Waals surface area contributed by atoms with Crippen LogP contribution in [0.15, 0.2) is 18.2 Å². The summed E-state index contributed by atoms with van der Waals surface area (Å²) in [7, 11) is 1.98. The van der Waals surface area contributed by atoms with E-state index in [9.17, 15) is 0 Å². The second-order valence-corrected chi connectivity index (χ2v) is 5.07. The van der Waals surface area contributed by atoms with Crippen LogP contribution in [0.4, 0.5) is 0 Å². The van der Waals surface area contributed by atoms with Crippen LogP contribution < -0.4 is 5.73 Å². The van der Waals surface area contributed by atoms with E-state index in [0.29, 0.717) is 23.0 Å². The molecule has 1 atom stereocenters. The van der Waals surface area contributed by atoms with Crippen molar-refractivity contribution in [2.75, 3.05) is 7.05 Å². The summed E-state index contributed by atoms with van der Waals surface area (Å²) in [5.74, 6) is 0.201.